The number of hydrogen-bond acceptors (Lipinski definition) is 3. The molecule has 0 heterocycles. The molecule has 188 valence electrons. The van der Waals surface area contributed by atoms with Crippen molar-refractivity contribution in [1.82, 2.24) is 0 Å². The maximum atomic E-state index is 12.8. The zero-order valence-corrected chi connectivity index (χ0v) is 22.5. The Bertz CT molecular complexity index is 825. The number of aliphatic hydroxyl groups excluding tert-OH is 1. The molecule has 0 aliphatic heterocycles. The number of carbonyl (C=O) groups is 1. The van der Waals surface area contributed by atoms with E-state index in [9.17, 15) is 15.0 Å². The predicted octanol–water partition coefficient (Wildman–Crippen LogP) is 6.54. The maximum Gasteiger partial charge on any atom is 0.138 e. The van der Waals surface area contributed by atoms with Gasteiger partial charge in [0.1, 0.15) is 5.78 Å². The second-order valence-corrected chi connectivity index (χ2v) is 15.0. The predicted molar refractivity (Wildman–Crippen MR) is 133 cm³/mol. The van der Waals surface area contributed by atoms with Crippen LogP contribution in [0.4, 0.5) is 0 Å². The van der Waals surface area contributed by atoms with Gasteiger partial charge >= 0.3 is 0 Å². The summed E-state index contributed by atoms with van der Waals surface area (Å²) in [5.74, 6) is 3.25. The summed E-state index contributed by atoms with van der Waals surface area (Å²) >= 11 is 0. The van der Waals surface area contributed by atoms with Crippen molar-refractivity contribution in [3.63, 3.8) is 0 Å². The van der Waals surface area contributed by atoms with Crippen molar-refractivity contribution in [2.24, 2.45) is 50.7 Å². The smallest absolute Gasteiger partial charge is 0.138 e. The van der Waals surface area contributed by atoms with E-state index >= 15 is 0 Å². The molecule has 5 fully saturated rings. The number of ketones is 1. The molecule has 0 bridgehead atoms. The van der Waals surface area contributed by atoms with Gasteiger partial charge in [0.05, 0.1) is 11.7 Å². The normalized spacial score (nSPS) is 50.0. The van der Waals surface area contributed by atoms with Crippen LogP contribution in [-0.4, -0.2) is 27.7 Å². The Labute approximate surface area is 202 Å². The molecule has 33 heavy (non-hydrogen) atoms. The van der Waals surface area contributed by atoms with Crippen LogP contribution in [0.2, 0.25) is 0 Å². The van der Waals surface area contributed by atoms with Gasteiger partial charge in [-0.25, -0.2) is 0 Å². The van der Waals surface area contributed by atoms with Crippen LogP contribution >= 0.6 is 0 Å². The molecule has 5 saturated carbocycles. The van der Waals surface area contributed by atoms with Crippen LogP contribution in [-0.2, 0) is 4.79 Å². The largest absolute Gasteiger partial charge is 0.390 e. The summed E-state index contributed by atoms with van der Waals surface area (Å²) in [4.78, 5) is 12.8. The Kier molecular flexibility index (Phi) is 5.22. The number of aliphatic hydroxyl groups is 2. The van der Waals surface area contributed by atoms with Gasteiger partial charge in [-0.05, 0) is 123 Å². The highest BCUT2D eigenvalue weighted by Crippen LogP contribution is 2.88. The van der Waals surface area contributed by atoms with Crippen LogP contribution in [0.15, 0.2) is 0 Å². The number of Topliss-reactive ketones (excluding diaryl/α,β-unsaturated/α-hetero) is 1. The lowest BCUT2D eigenvalue weighted by molar-refractivity contribution is -0.157. The molecule has 0 aromatic heterocycles. The van der Waals surface area contributed by atoms with Crippen LogP contribution in [0.5, 0.6) is 0 Å². The summed E-state index contributed by atoms with van der Waals surface area (Å²) in [6.45, 7) is 15.7. The second-order valence-electron chi connectivity index (χ2n) is 15.0. The lowest BCUT2D eigenvalue weighted by atomic mass is 9.42. The third-order valence-corrected chi connectivity index (χ3v) is 13.3. The number of fused-ring (bicyclic) bond motifs is 2. The van der Waals surface area contributed by atoms with Crippen molar-refractivity contribution in [3.8, 4) is 0 Å². The lowest BCUT2D eigenvalue weighted by Crippen LogP contribution is -2.57. The zero-order valence-electron chi connectivity index (χ0n) is 22.5. The van der Waals surface area contributed by atoms with Gasteiger partial charge in [-0.1, -0.05) is 34.6 Å². The van der Waals surface area contributed by atoms with Crippen LogP contribution < -0.4 is 0 Å². The standard InChI is InChI=1S/C30H50O3/c1-19(8-11-24(32)26(4,5)33)20-12-14-28(7)22-10-9-21-25(2,3)23(31)13-15-29(21)18-30(22,29)17-16-27(20,28)6/h19-22,24,32-33H,8-18H2,1-7H3/t19?,20?,21?,22?,24?,27-,28+,29-,30+/m1/s1. The Morgan fingerprint density at radius 3 is 2.21 bits per heavy atom. The van der Waals surface area contributed by atoms with E-state index < -0.39 is 11.7 Å². The van der Waals surface area contributed by atoms with Crippen molar-refractivity contribution in [1.29, 1.82) is 0 Å². The summed E-state index contributed by atoms with van der Waals surface area (Å²) in [5.41, 5.74) is 0.606. The van der Waals surface area contributed by atoms with Gasteiger partial charge < -0.3 is 10.2 Å². The molecule has 0 aromatic carbocycles. The van der Waals surface area contributed by atoms with Crippen LogP contribution in [0.25, 0.3) is 0 Å². The first-order valence-electron chi connectivity index (χ1n) is 14.1. The van der Waals surface area contributed by atoms with E-state index in [2.05, 4.69) is 34.6 Å². The van der Waals surface area contributed by atoms with Crippen molar-refractivity contribution >= 4 is 5.78 Å². The van der Waals surface area contributed by atoms with Gasteiger partial charge in [0.2, 0.25) is 0 Å². The van der Waals surface area contributed by atoms with Crippen LogP contribution in [0.1, 0.15) is 119 Å². The fourth-order valence-electron chi connectivity index (χ4n) is 11.1. The third kappa shape index (κ3) is 2.96. The number of carbonyl (C=O) groups excluding carboxylic acids is 1. The van der Waals surface area contributed by atoms with Crippen molar-refractivity contribution < 1.29 is 15.0 Å². The van der Waals surface area contributed by atoms with Gasteiger partial charge in [-0.15, -0.1) is 0 Å². The lowest BCUT2D eigenvalue weighted by Gasteiger charge is -2.62. The Balaban J connectivity index is 1.37. The Hall–Kier alpha value is -0.410. The summed E-state index contributed by atoms with van der Waals surface area (Å²) in [7, 11) is 0. The highest BCUT2D eigenvalue weighted by atomic mass is 16.3. The molecule has 0 saturated heterocycles. The average Bonchev–Trinajstić information content (AvgIpc) is 3.31. The van der Waals surface area contributed by atoms with E-state index in [1.165, 1.54) is 44.9 Å². The van der Waals surface area contributed by atoms with Gasteiger partial charge in [-0.2, -0.15) is 0 Å². The van der Waals surface area contributed by atoms with E-state index in [0.717, 1.165) is 25.2 Å². The minimum Gasteiger partial charge on any atom is -0.390 e. The fourth-order valence-corrected chi connectivity index (χ4v) is 11.1. The molecule has 0 amide bonds. The van der Waals surface area contributed by atoms with E-state index in [4.69, 9.17) is 0 Å². The van der Waals surface area contributed by atoms with Crippen LogP contribution in [0.3, 0.4) is 0 Å². The van der Waals surface area contributed by atoms with Gasteiger partial charge in [-0.3, -0.25) is 4.79 Å². The number of rotatable bonds is 5. The summed E-state index contributed by atoms with van der Waals surface area (Å²) in [6, 6.07) is 0. The van der Waals surface area contributed by atoms with E-state index in [1.807, 2.05) is 0 Å². The molecule has 5 unspecified atom stereocenters. The SMILES string of the molecule is CC(CCC(O)C(C)(C)O)C1CC[C@@]2(C)C3CCC4C(C)(C)C(=O)CC[C@@]45C[C@@]35CC[C@]12C. The number of hydrogen-bond donors (Lipinski definition) is 2. The third-order valence-electron chi connectivity index (χ3n) is 13.3. The molecule has 5 aliphatic rings. The van der Waals surface area contributed by atoms with Gasteiger partial charge in [0.25, 0.3) is 0 Å². The quantitative estimate of drug-likeness (QED) is 0.491. The van der Waals surface area contributed by atoms with Crippen molar-refractivity contribution in [2.75, 3.05) is 0 Å². The molecule has 2 spiro atoms. The Morgan fingerprint density at radius 1 is 0.909 bits per heavy atom. The molecular weight excluding hydrogens is 408 g/mol. The minimum atomic E-state index is -1.01. The first kappa shape index (κ1) is 24.3. The van der Waals surface area contributed by atoms with E-state index in [0.29, 0.717) is 51.6 Å². The van der Waals surface area contributed by atoms with Crippen molar-refractivity contribution in [3.05, 3.63) is 0 Å². The molecule has 5 aliphatic carbocycles. The molecule has 0 aromatic rings. The van der Waals surface area contributed by atoms with Gasteiger partial charge in [0.15, 0.2) is 0 Å². The summed E-state index contributed by atoms with van der Waals surface area (Å²) < 4.78 is 0. The first-order chi connectivity index (χ1) is 15.2. The second kappa shape index (κ2) is 7.09. The van der Waals surface area contributed by atoms with Crippen LogP contribution in [0, 0.1) is 50.7 Å². The summed E-state index contributed by atoms with van der Waals surface area (Å²) in [5, 5.41) is 20.6. The first-order valence-corrected chi connectivity index (χ1v) is 14.1. The zero-order chi connectivity index (χ0) is 24.2. The molecule has 5 rings (SSSR count). The van der Waals surface area contributed by atoms with E-state index in [-0.39, 0.29) is 5.41 Å². The average molecular weight is 459 g/mol. The maximum absolute atomic E-state index is 12.8. The Morgan fingerprint density at radius 2 is 1.55 bits per heavy atom. The molecule has 9 atom stereocenters. The monoisotopic (exact) mass is 458 g/mol. The topological polar surface area (TPSA) is 57.5 Å². The fraction of sp³-hybridized carbons (Fsp3) is 0.967. The van der Waals surface area contributed by atoms with E-state index in [1.54, 1.807) is 13.8 Å². The molecular formula is C30H50O3. The molecule has 0 radical (unpaired) electrons. The van der Waals surface area contributed by atoms with Crippen molar-refractivity contribution in [2.45, 2.75) is 131 Å². The van der Waals surface area contributed by atoms with Gasteiger partial charge in [0, 0.05) is 11.8 Å². The minimum absolute atomic E-state index is 0.123. The summed E-state index contributed by atoms with van der Waals surface area (Å²) in [6.07, 6.45) is 12.4. The highest BCUT2D eigenvalue weighted by molar-refractivity contribution is 5.86. The molecule has 2 N–H and O–H groups in total. The molecule has 3 heteroatoms. The molecule has 3 nitrogen and oxygen atoms in total. The highest BCUT2D eigenvalue weighted by Gasteiger charge is 2.82.